The van der Waals surface area contributed by atoms with E-state index >= 15 is 0 Å². The molecular weight excluding hydrogens is 438 g/mol. The van der Waals surface area contributed by atoms with Crippen molar-refractivity contribution in [1.29, 1.82) is 0 Å². The molecule has 1 amide bonds. The molecule has 1 saturated carbocycles. The van der Waals surface area contributed by atoms with Crippen LogP contribution in [-0.4, -0.2) is 47.8 Å². The number of alkyl halides is 3. The summed E-state index contributed by atoms with van der Waals surface area (Å²) in [4.78, 5) is 16.3. The first-order chi connectivity index (χ1) is 15.2. The van der Waals surface area contributed by atoms with Gasteiger partial charge in [-0.15, -0.1) is 13.2 Å². The molecule has 1 aromatic carbocycles. The Balaban J connectivity index is 1.17. The van der Waals surface area contributed by atoms with Crippen molar-refractivity contribution in [1.82, 2.24) is 15.5 Å². The third-order valence-electron chi connectivity index (χ3n) is 5.31. The van der Waals surface area contributed by atoms with Gasteiger partial charge in [0.2, 0.25) is 11.7 Å². The van der Waals surface area contributed by atoms with Crippen molar-refractivity contribution in [2.24, 2.45) is 0 Å². The highest BCUT2D eigenvalue weighted by Gasteiger charge is 2.43. The van der Waals surface area contributed by atoms with E-state index in [9.17, 15) is 22.4 Å². The number of rotatable bonds is 7. The minimum atomic E-state index is -4.65. The molecule has 1 saturated heterocycles. The number of carbonyl (C=O) groups is 1. The van der Waals surface area contributed by atoms with E-state index in [-0.39, 0.29) is 49.8 Å². The molecule has 2 aromatic rings. The second-order valence-corrected chi connectivity index (χ2v) is 7.75. The Morgan fingerprint density at radius 1 is 1.19 bits per heavy atom. The smallest absolute Gasteiger partial charge is 0.484 e. The van der Waals surface area contributed by atoms with Gasteiger partial charge in [0.05, 0.1) is 18.8 Å². The molecule has 4 rings (SSSR count). The summed E-state index contributed by atoms with van der Waals surface area (Å²) in [5.41, 5.74) is 0. The average molecular weight is 459 g/mol. The van der Waals surface area contributed by atoms with Gasteiger partial charge in [0.1, 0.15) is 17.7 Å². The molecule has 32 heavy (non-hydrogen) atoms. The fraction of sp³-hybridized carbons (Fsp3) is 0.550. The highest BCUT2D eigenvalue weighted by atomic mass is 19.4. The summed E-state index contributed by atoms with van der Waals surface area (Å²) >= 11 is 0. The van der Waals surface area contributed by atoms with Gasteiger partial charge in [0.25, 0.3) is 5.91 Å². The van der Waals surface area contributed by atoms with Crippen LogP contribution < -0.4 is 10.1 Å². The Bertz CT molecular complexity index is 907. The van der Waals surface area contributed by atoms with Gasteiger partial charge in [0.15, 0.2) is 6.61 Å². The molecule has 1 aliphatic heterocycles. The first-order valence-electron chi connectivity index (χ1n) is 10.1. The zero-order chi connectivity index (χ0) is 22.7. The van der Waals surface area contributed by atoms with Crippen LogP contribution in [0, 0.1) is 5.82 Å². The maximum absolute atomic E-state index is 12.9. The number of aromatic nitrogens is 2. The molecule has 2 heterocycles. The normalized spacial score (nSPS) is 25.8. The molecule has 2 fully saturated rings. The lowest BCUT2D eigenvalue weighted by Crippen LogP contribution is -2.43. The number of halogens is 4. The molecule has 12 heteroatoms. The van der Waals surface area contributed by atoms with Gasteiger partial charge >= 0.3 is 6.36 Å². The van der Waals surface area contributed by atoms with E-state index in [1.165, 1.54) is 24.3 Å². The van der Waals surface area contributed by atoms with Crippen molar-refractivity contribution in [3.63, 3.8) is 0 Å². The van der Waals surface area contributed by atoms with Crippen molar-refractivity contribution in [3.05, 3.63) is 41.8 Å². The van der Waals surface area contributed by atoms with Gasteiger partial charge < -0.3 is 19.3 Å². The van der Waals surface area contributed by atoms with E-state index in [4.69, 9.17) is 14.0 Å². The first-order valence-corrected chi connectivity index (χ1v) is 10.1. The number of hydrogen-bond donors (Lipinski definition) is 1. The van der Waals surface area contributed by atoms with E-state index in [2.05, 4.69) is 20.2 Å². The van der Waals surface area contributed by atoms with Gasteiger partial charge in [-0.2, -0.15) is 4.98 Å². The van der Waals surface area contributed by atoms with Crippen LogP contribution in [0.25, 0.3) is 0 Å². The van der Waals surface area contributed by atoms with Gasteiger partial charge in [-0.1, -0.05) is 5.16 Å². The molecule has 0 radical (unpaired) electrons. The lowest BCUT2D eigenvalue weighted by atomic mass is 9.82. The van der Waals surface area contributed by atoms with Crippen LogP contribution in [-0.2, 0) is 14.3 Å². The summed E-state index contributed by atoms with van der Waals surface area (Å²) in [5.74, 6) is 0.0155. The number of hydrogen-bond acceptors (Lipinski definition) is 7. The summed E-state index contributed by atoms with van der Waals surface area (Å²) in [6.45, 7) is 0.0297. The summed E-state index contributed by atoms with van der Waals surface area (Å²) < 4.78 is 69.7. The minimum absolute atomic E-state index is 0.167. The highest BCUT2D eigenvalue weighted by Crippen LogP contribution is 2.41. The Labute approximate surface area is 180 Å². The van der Waals surface area contributed by atoms with Crippen LogP contribution in [0.5, 0.6) is 5.75 Å². The van der Waals surface area contributed by atoms with Crippen LogP contribution in [0.3, 0.4) is 0 Å². The summed E-state index contributed by atoms with van der Waals surface area (Å²) in [6.07, 6.45) is -4.47. The molecule has 2 atom stereocenters. The standard InChI is InChI=1S/C20H21F4N3O5/c21-12-1-4-14(5-2-12)29-10-17(28)25-13-3-6-16(30-9-13)18-26-19(32-27-18)11-7-15(8-11)31-20(22,23)24/h1-2,4-5,11,13,15-16H,3,6-10H2,(H,25,28)/t11-,13-,15+,16+/m1/s1. The van der Waals surface area contributed by atoms with Crippen molar-refractivity contribution < 1.29 is 41.1 Å². The number of nitrogens with zero attached hydrogens (tertiary/aromatic N) is 2. The van der Waals surface area contributed by atoms with E-state index in [0.717, 1.165) is 0 Å². The van der Waals surface area contributed by atoms with E-state index in [1.807, 2.05) is 0 Å². The van der Waals surface area contributed by atoms with Crippen LogP contribution in [0.2, 0.25) is 0 Å². The van der Waals surface area contributed by atoms with Crippen LogP contribution in [0.15, 0.2) is 28.8 Å². The molecule has 0 bridgehead atoms. The first kappa shape index (κ1) is 22.5. The van der Waals surface area contributed by atoms with Crippen molar-refractivity contribution in [2.45, 2.75) is 56.2 Å². The third kappa shape index (κ3) is 5.94. The summed E-state index contributed by atoms with van der Waals surface area (Å²) in [7, 11) is 0. The van der Waals surface area contributed by atoms with E-state index in [0.29, 0.717) is 24.4 Å². The Morgan fingerprint density at radius 2 is 1.94 bits per heavy atom. The summed E-state index contributed by atoms with van der Waals surface area (Å²) in [5, 5.41) is 6.69. The molecule has 1 N–H and O–H groups in total. The number of carbonyl (C=O) groups excluding carboxylic acids is 1. The molecule has 1 aromatic heterocycles. The van der Waals surface area contributed by atoms with E-state index < -0.39 is 24.4 Å². The molecule has 8 nitrogen and oxygen atoms in total. The van der Waals surface area contributed by atoms with Crippen molar-refractivity contribution in [3.8, 4) is 5.75 Å². The lowest BCUT2D eigenvalue weighted by Gasteiger charge is -2.32. The lowest BCUT2D eigenvalue weighted by molar-refractivity contribution is -0.352. The Kier molecular flexibility index (Phi) is 6.60. The largest absolute Gasteiger partial charge is 0.522 e. The maximum atomic E-state index is 12.9. The Morgan fingerprint density at radius 3 is 2.59 bits per heavy atom. The SMILES string of the molecule is O=C(COc1ccc(F)cc1)N[C@@H]1CC[C@@H](c2noc([C@H]3C[C@@H](OC(F)(F)F)C3)n2)OC1. The zero-order valence-corrected chi connectivity index (χ0v) is 16.8. The topological polar surface area (TPSA) is 95.7 Å². The van der Waals surface area contributed by atoms with Crippen molar-refractivity contribution >= 4 is 5.91 Å². The quantitative estimate of drug-likeness (QED) is 0.634. The third-order valence-corrected chi connectivity index (χ3v) is 5.31. The molecule has 0 spiro atoms. The molecule has 0 unspecified atom stereocenters. The Hall–Kier alpha value is -2.73. The molecule has 1 aliphatic carbocycles. The monoisotopic (exact) mass is 459 g/mol. The zero-order valence-electron chi connectivity index (χ0n) is 16.8. The average Bonchev–Trinajstić information content (AvgIpc) is 3.19. The van der Waals surface area contributed by atoms with E-state index in [1.54, 1.807) is 0 Å². The van der Waals surface area contributed by atoms with Crippen LogP contribution >= 0.6 is 0 Å². The van der Waals surface area contributed by atoms with Crippen LogP contribution in [0.4, 0.5) is 17.6 Å². The predicted octanol–water partition coefficient (Wildman–Crippen LogP) is 3.41. The molecule has 174 valence electrons. The predicted molar refractivity (Wildman–Crippen MR) is 99.0 cm³/mol. The van der Waals surface area contributed by atoms with Crippen LogP contribution in [0.1, 0.15) is 49.4 Å². The second kappa shape index (κ2) is 9.41. The second-order valence-electron chi connectivity index (χ2n) is 7.75. The minimum Gasteiger partial charge on any atom is -0.484 e. The number of benzene rings is 1. The maximum Gasteiger partial charge on any atom is 0.522 e. The number of nitrogens with one attached hydrogen (secondary N) is 1. The fourth-order valence-corrected chi connectivity index (χ4v) is 3.61. The molecule has 2 aliphatic rings. The van der Waals surface area contributed by atoms with Gasteiger partial charge in [0, 0.05) is 5.92 Å². The van der Waals surface area contributed by atoms with Crippen molar-refractivity contribution in [2.75, 3.05) is 13.2 Å². The fourth-order valence-electron chi connectivity index (χ4n) is 3.61. The number of ether oxygens (including phenoxy) is 3. The number of amides is 1. The highest BCUT2D eigenvalue weighted by molar-refractivity contribution is 5.77. The van der Waals surface area contributed by atoms with Gasteiger partial charge in [-0.3, -0.25) is 9.53 Å². The van der Waals surface area contributed by atoms with Gasteiger partial charge in [-0.25, -0.2) is 4.39 Å². The van der Waals surface area contributed by atoms with Gasteiger partial charge in [-0.05, 0) is 49.9 Å². The summed E-state index contributed by atoms with van der Waals surface area (Å²) in [6, 6.07) is 5.14. The molecular formula is C20H21F4N3O5.